The van der Waals surface area contributed by atoms with Crippen LogP contribution in [0.15, 0.2) is 72.7 Å². The van der Waals surface area contributed by atoms with E-state index >= 15 is 0 Å². The zero-order valence-corrected chi connectivity index (χ0v) is 60.7. The molecule has 4 rings (SSSR count). The minimum Gasteiger partial charge on any atom is -0.400 e. The maximum atomic E-state index is 7.08. The van der Waals surface area contributed by atoms with E-state index in [1.165, 1.54) is 295 Å². The largest absolute Gasteiger partial charge is 0.400 e. The molecule has 0 aromatic rings. The molecule has 0 radical (unpaired) electrons. The first-order valence-electron chi connectivity index (χ1n) is 39.7. The van der Waals surface area contributed by atoms with Crippen LogP contribution in [0.1, 0.15) is 368 Å². The first-order valence-corrected chi connectivity index (χ1v) is 39.7. The van der Waals surface area contributed by atoms with Gasteiger partial charge >= 0.3 is 0 Å². The van der Waals surface area contributed by atoms with Gasteiger partial charge in [-0.3, -0.25) is 0 Å². The van der Waals surface area contributed by atoms with Crippen molar-refractivity contribution in [3.05, 3.63) is 72.7 Å². The lowest BCUT2D eigenvalue weighted by Crippen LogP contribution is -2.33. The number of likely N-dealkylation sites (N-methyl/N-ethyl adjacent to an activating group) is 1. The van der Waals surface area contributed by atoms with Gasteiger partial charge in [-0.25, -0.2) is 0 Å². The number of hydrogen-bond donors (Lipinski definition) is 4. The van der Waals surface area contributed by atoms with Crippen molar-refractivity contribution in [3.63, 3.8) is 0 Å². The molecule has 2 aliphatic carbocycles. The van der Waals surface area contributed by atoms with Crippen LogP contribution in [0.25, 0.3) is 0 Å². The van der Waals surface area contributed by atoms with Gasteiger partial charge in [-0.2, -0.15) is 0 Å². The van der Waals surface area contributed by atoms with Gasteiger partial charge in [0.25, 0.3) is 0 Å². The number of rotatable bonds is 37. The Labute approximate surface area is 560 Å². The lowest BCUT2D eigenvalue weighted by atomic mass is 9.77. The molecule has 0 aromatic carbocycles. The molecule has 0 bridgehead atoms. The van der Waals surface area contributed by atoms with Crippen LogP contribution in [0.3, 0.4) is 0 Å². The van der Waals surface area contributed by atoms with Crippen molar-refractivity contribution in [2.45, 2.75) is 398 Å². The van der Waals surface area contributed by atoms with E-state index in [1.54, 1.807) is 0 Å². The van der Waals surface area contributed by atoms with Crippen molar-refractivity contribution in [1.29, 1.82) is 0 Å². The highest BCUT2D eigenvalue weighted by Gasteiger charge is 2.42. The number of nitrogens with one attached hydrogen (secondary N) is 3. The summed E-state index contributed by atoms with van der Waals surface area (Å²) in [7, 11) is 4.06. The highest BCUT2D eigenvalue weighted by atomic mass is 16.7. The average Bonchev–Trinajstić information content (AvgIpc) is 2.38. The van der Waals surface area contributed by atoms with Crippen molar-refractivity contribution in [2.24, 2.45) is 17.1 Å². The molecule has 8 nitrogen and oxygen atoms in total. The van der Waals surface area contributed by atoms with Crippen LogP contribution in [0, 0.1) is 11.3 Å². The Kier molecular flexibility index (Phi) is 52.0. The molecule has 2 heterocycles. The van der Waals surface area contributed by atoms with Gasteiger partial charge in [-0.05, 0) is 186 Å². The first-order chi connectivity index (χ1) is 44.3. The van der Waals surface area contributed by atoms with Gasteiger partial charge in [0.05, 0.1) is 25.4 Å². The quantitative estimate of drug-likeness (QED) is 0.0361. The van der Waals surface area contributed by atoms with E-state index in [2.05, 4.69) is 97.6 Å². The van der Waals surface area contributed by atoms with Crippen LogP contribution < -0.4 is 21.7 Å². The van der Waals surface area contributed by atoms with Gasteiger partial charge < -0.3 is 40.6 Å². The Hall–Kier alpha value is -2.20. The molecule has 5 N–H and O–H groups in total. The van der Waals surface area contributed by atoms with E-state index in [1.807, 2.05) is 27.1 Å². The molecule has 5 unspecified atom stereocenters. The van der Waals surface area contributed by atoms with E-state index in [9.17, 15) is 0 Å². The monoisotopic (exact) mass is 1260 g/mol. The number of allylic oxidation sites excluding steroid dienone is 10. The fourth-order valence-corrected chi connectivity index (χ4v) is 14.6. The van der Waals surface area contributed by atoms with Crippen molar-refractivity contribution in [1.82, 2.24) is 16.0 Å². The van der Waals surface area contributed by atoms with Crippen molar-refractivity contribution in [3.8, 4) is 0 Å². The van der Waals surface area contributed by atoms with Gasteiger partial charge in [-0.1, -0.05) is 243 Å². The molecule has 2 aliphatic heterocycles. The maximum Gasteiger partial charge on any atom is 0.168 e. The standard InChI is InChI=1S/C80H146N4O4.C2H6/c1-5-6-7-8-9-10-11-12-13-21-24-29-34-39-44-51-63-79(85-71-76(87-79)59-67-84-70-74(81)69-82-3)64-52-45-40-36-31-26-28-33-38-43-49-61-78(2)60-48-42-37-32-27-23-20-18-16-14-15-17-19-22-25-30-35-41-46-53-65-80(66-54-47-50-62-78)86-72-77(88-80)68-73-55-57-75(83-4)58-56-73;1-2/h9-10,12-14,16-17,19,43,49,70,73,75-77,82-84H,5-8,11,15,18,20-42,44-48,50-69,71-72,81H2,1-4H3;1-2H3/b10-9-,13-12-,16-14-,19-17-,49-43?,74-70-;. The molecule has 0 amide bonds. The van der Waals surface area contributed by atoms with E-state index in [4.69, 9.17) is 24.7 Å². The van der Waals surface area contributed by atoms with Crippen LogP contribution in [-0.4, -0.2) is 70.2 Å². The Morgan fingerprint density at radius 2 is 1.01 bits per heavy atom. The van der Waals surface area contributed by atoms with Crippen LogP contribution in [0.4, 0.5) is 0 Å². The zero-order chi connectivity index (χ0) is 64.4. The third-order valence-corrected chi connectivity index (χ3v) is 20.4. The first kappa shape index (κ1) is 82.0. The van der Waals surface area contributed by atoms with Crippen LogP contribution in [-0.2, 0) is 18.9 Å². The number of unbranched alkanes of at least 4 members (excludes halogenated alkanes) is 17. The summed E-state index contributed by atoms with van der Waals surface area (Å²) in [6.07, 6.45) is 94.3. The molecule has 90 heavy (non-hydrogen) atoms. The fourth-order valence-electron chi connectivity index (χ4n) is 14.6. The summed E-state index contributed by atoms with van der Waals surface area (Å²) < 4.78 is 27.3. The van der Waals surface area contributed by atoms with Crippen LogP contribution in [0.5, 0.6) is 0 Å². The minimum atomic E-state index is -0.400. The Morgan fingerprint density at radius 1 is 0.522 bits per heavy atom. The second-order valence-corrected chi connectivity index (χ2v) is 28.8. The molecular formula is C82H152N4O4. The smallest absolute Gasteiger partial charge is 0.168 e. The van der Waals surface area contributed by atoms with Crippen LogP contribution in [0.2, 0.25) is 0 Å². The van der Waals surface area contributed by atoms with Gasteiger partial charge in [-0.15, -0.1) is 0 Å². The molecule has 1 spiro atoms. The lowest BCUT2D eigenvalue weighted by molar-refractivity contribution is -0.181. The van der Waals surface area contributed by atoms with E-state index in [0.29, 0.717) is 24.6 Å². The van der Waals surface area contributed by atoms with Gasteiger partial charge in [0.1, 0.15) is 0 Å². The molecule has 4 aliphatic rings. The van der Waals surface area contributed by atoms with Crippen LogP contribution >= 0.6 is 0 Å². The molecule has 3 fully saturated rings. The molecule has 524 valence electrons. The van der Waals surface area contributed by atoms with Crippen molar-refractivity contribution >= 4 is 0 Å². The lowest BCUT2D eigenvalue weighted by Gasteiger charge is -2.31. The van der Waals surface area contributed by atoms with Gasteiger partial charge in [0, 0.05) is 56.7 Å². The number of hydrogen-bond acceptors (Lipinski definition) is 8. The molecule has 0 aromatic heterocycles. The Morgan fingerprint density at radius 3 is 1.57 bits per heavy atom. The SMILES string of the molecule is CC.CCCCC/C=C\C/C=C\CCCCCCCCC1(CCCCCCCCCCC=CCC2(C)CCCCCCCCC/C=C\C/C=C\CCCCCCCCC3(CCCCC2)OCC(CC2CCC(NC)CC2)O3)OCC(CCN/C=C(\N)CNC)O1. The highest BCUT2D eigenvalue weighted by Crippen LogP contribution is 2.41. The number of ether oxygens (including phenoxy) is 4. The maximum absolute atomic E-state index is 7.08. The summed E-state index contributed by atoms with van der Waals surface area (Å²) in [6.45, 7) is 12.0. The highest BCUT2D eigenvalue weighted by molar-refractivity contribution is 4.97. The fraction of sp³-hybridized carbons (Fsp3) is 0.854. The molecular weight excluding hydrogens is 1100 g/mol. The third-order valence-electron chi connectivity index (χ3n) is 20.4. The number of nitrogens with two attached hydrogens (primary N) is 1. The summed E-state index contributed by atoms with van der Waals surface area (Å²) in [5.41, 5.74) is 7.31. The molecule has 1 saturated carbocycles. The second kappa shape index (κ2) is 57.1. The van der Waals surface area contributed by atoms with Crippen molar-refractivity contribution in [2.75, 3.05) is 40.4 Å². The van der Waals surface area contributed by atoms with Crippen molar-refractivity contribution < 1.29 is 18.9 Å². The predicted octanol–water partition coefficient (Wildman–Crippen LogP) is 23.6. The summed E-state index contributed by atoms with van der Waals surface area (Å²) in [5, 5.41) is 10.0. The topological polar surface area (TPSA) is 99.0 Å². The van der Waals surface area contributed by atoms with E-state index < -0.39 is 5.79 Å². The zero-order valence-electron chi connectivity index (χ0n) is 60.7. The van der Waals surface area contributed by atoms with Gasteiger partial charge in [0.2, 0.25) is 0 Å². The Bertz CT molecular complexity index is 1790. The van der Waals surface area contributed by atoms with Gasteiger partial charge in [0.15, 0.2) is 11.6 Å². The average molecular weight is 1260 g/mol. The van der Waals surface area contributed by atoms with E-state index in [-0.39, 0.29) is 18.0 Å². The second-order valence-electron chi connectivity index (χ2n) is 28.8. The Balaban J connectivity index is 0.0000105. The summed E-state index contributed by atoms with van der Waals surface area (Å²) in [6, 6.07) is 0.705. The summed E-state index contributed by atoms with van der Waals surface area (Å²) >= 11 is 0. The van der Waals surface area contributed by atoms with E-state index in [0.717, 1.165) is 69.7 Å². The normalized spacial score (nSPS) is 27.4. The third kappa shape index (κ3) is 43.0. The predicted molar refractivity (Wildman–Crippen MR) is 393 cm³/mol. The minimum absolute atomic E-state index is 0.149. The molecule has 5 atom stereocenters. The summed E-state index contributed by atoms with van der Waals surface area (Å²) in [4.78, 5) is 0. The molecule has 2 saturated heterocycles. The summed E-state index contributed by atoms with van der Waals surface area (Å²) in [5.74, 6) is 0.0417. The molecule has 8 heteroatoms.